The minimum absolute atomic E-state index is 0.121. The second-order valence-corrected chi connectivity index (χ2v) is 6.46. The van der Waals surface area contributed by atoms with Crippen LogP contribution in [-0.2, 0) is 16.0 Å². The third-order valence-electron chi connectivity index (χ3n) is 2.98. The maximum atomic E-state index is 12.5. The summed E-state index contributed by atoms with van der Waals surface area (Å²) >= 11 is -1.30. The topological polar surface area (TPSA) is 78.2 Å². The van der Waals surface area contributed by atoms with Gasteiger partial charge in [0, 0.05) is 23.2 Å². The zero-order valence-corrected chi connectivity index (χ0v) is 12.8. The van der Waals surface area contributed by atoms with Gasteiger partial charge in [-0.1, -0.05) is 32.0 Å². The molecule has 110 valence electrons. The highest BCUT2D eigenvalue weighted by atomic mass is 32.2. The molecule has 0 saturated carbocycles. The molecule has 0 spiro atoms. The van der Waals surface area contributed by atoms with Gasteiger partial charge in [0.2, 0.25) is 5.91 Å². The van der Waals surface area contributed by atoms with Gasteiger partial charge in [-0.05, 0) is 24.3 Å². The lowest BCUT2D eigenvalue weighted by Crippen LogP contribution is -2.19. The third-order valence-corrected chi connectivity index (χ3v) is 4.36. The standard InChI is InChI=1S/C16H18N2O2S/c1-11(2)16(19)18-15-10-13(8-9-14(15)17)21(20)12-6-4-3-5-7-12/h3-11H,17H2,1-2H3,(H,18,19). The van der Waals surface area contributed by atoms with Crippen molar-refractivity contribution >= 4 is 28.5 Å². The highest BCUT2D eigenvalue weighted by Crippen LogP contribution is 2.27. The van der Waals surface area contributed by atoms with Gasteiger partial charge in [-0.25, -0.2) is 0 Å². The number of nitrogens with two attached hydrogens (primary N) is 1. The molecule has 0 radical (unpaired) electrons. The van der Waals surface area contributed by atoms with Gasteiger partial charge in [-0.3, -0.25) is 4.79 Å². The molecule has 0 aromatic heterocycles. The molecule has 3 N–H and O–H groups in total. The van der Waals surface area contributed by atoms with E-state index in [9.17, 15) is 9.35 Å². The molecule has 5 heteroatoms. The fourth-order valence-corrected chi connectivity index (χ4v) is 2.81. The SMILES string of the molecule is CC(C)C(=O)Nc1cc([S+]([O-])c2ccccc2)ccc1N. The Morgan fingerprint density at radius 1 is 1.14 bits per heavy atom. The van der Waals surface area contributed by atoms with Gasteiger partial charge >= 0.3 is 0 Å². The average molecular weight is 302 g/mol. The first kappa shape index (κ1) is 15.4. The van der Waals surface area contributed by atoms with Crippen molar-refractivity contribution in [3.8, 4) is 0 Å². The predicted octanol–water partition coefficient (Wildman–Crippen LogP) is 3.03. The summed E-state index contributed by atoms with van der Waals surface area (Å²) < 4.78 is 12.5. The number of amides is 1. The summed E-state index contributed by atoms with van der Waals surface area (Å²) in [6, 6.07) is 14.2. The van der Waals surface area contributed by atoms with Crippen molar-refractivity contribution in [3.63, 3.8) is 0 Å². The van der Waals surface area contributed by atoms with E-state index in [1.807, 2.05) is 18.2 Å². The summed E-state index contributed by atoms with van der Waals surface area (Å²) in [7, 11) is 0. The van der Waals surface area contributed by atoms with Crippen LogP contribution in [0.1, 0.15) is 13.8 Å². The van der Waals surface area contributed by atoms with Crippen molar-refractivity contribution in [1.82, 2.24) is 0 Å². The number of carbonyl (C=O) groups is 1. The minimum atomic E-state index is -1.30. The summed E-state index contributed by atoms with van der Waals surface area (Å²) in [5.74, 6) is -0.267. The molecule has 0 heterocycles. The summed E-state index contributed by atoms with van der Waals surface area (Å²) in [5, 5.41) is 2.76. The molecule has 2 aromatic rings. The number of hydrogen-bond acceptors (Lipinski definition) is 3. The van der Waals surface area contributed by atoms with Gasteiger partial charge in [0.15, 0.2) is 9.79 Å². The van der Waals surface area contributed by atoms with E-state index < -0.39 is 11.2 Å². The molecule has 0 bridgehead atoms. The highest BCUT2D eigenvalue weighted by Gasteiger charge is 2.17. The lowest BCUT2D eigenvalue weighted by molar-refractivity contribution is -0.118. The summed E-state index contributed by atoms with van der Waals surface area (Å²) in [6.45, 7) is 3.61. The fraction of sp³-hybridized carbons (Fsp3) is 0.188. The van der Waals surface area contributed by atoms with Gasteiger partial charge in [0.1, 0.15) is 0 Å². The number of carbonyl (C=O) groups excluding carboxylic acids is 1. The molecular formula is C16H18N2O2S. The molecule has 21 heavy (non-hydrogen) atoms. The Labute approximate surface area is 127 Å². The summed E-state index contributed by atoms with van der Waals surface area (Å²) in [6.07, 6.45) is 0. The normalized spacial score (nSPS) is 12.2. The maximum absolute atomic E-state index is 12.5. The smallest absolute Gasteiger partial charge is 0.226 e. The Balaban J connectivity index is 2.28. The van der Waals surface area contributed by atoms with E-state index in [0.717, 1.165) is 0 Å². The average Bonchev–Trinajstić information content (AvgIpc) is 2.49. The van der Waals surface area contributed by atoms with Crippen LogP contribution in [0.3, 0.4) is 0 Å². The number of nitrogen functional groups attached to an aromatic ring is 1. The van der Waals surface area contributed by atoms with E-state index in [2.05, 4.69) is 5.32 Å². The van der Waals surface area contributed by atoms with Crippen LogP contribution in [0.25, 0.3) is 0 Å². The molecular weight excluding hydrogens is 284 g/mol. The van der Waals surface area contributed by atoms with Gasteiger partial charge in [0.25, 0.3) is 0 Å². The zero-order chi connectivity index (χ0) is 15.4. The van der Waals surface area contributed by atoms with Crippen molar-refractivity contribution in [1.29, 1.82) is 0 Å². The molecule has 2 aromatic carbocycles. The van der Waals surface area contributed by atoms with E-state index in [1.165, 1.54) is 0 Å². The number of rotatable bonds is 4. The van der Waals surface area contributed by atoms with E-state index in [0.29, 0.717) is 21.2 Å². The first-order chi connectivity index (χ1) is 9.99. The number of benzene rings is 2. The van der Waals surface area contributed by atoms with Crippen molar-refractivity contribution in [3.05, 3.63) is 48.5 Å². The fourth-order valence-electron chi connectivity index (χ4n) is 1.72. The van der Waals surface area contributed by atoms with E-state index in [-0.39, 0.29) is 11.8 Å². The quantitative estimate of drug-likeness (QED) is 0.673. The number of nitrogens with one attached hydrogen (secondary N) is 1. The van der Waals surface area contributed by atoms with Crippen LogP contribution in [0.15, 0.2) is 58.3 Å². The zero-order valence-electron chi connectivity index (χ0n) is 12.0. The molecule has 1 atom stereocenters. The number of anilines is 2. The van der Waals surface area contributed by atoms with Crippen molar-refractivity contribution in [2.24, 2.45) is 5.92 Å². The van der Waals surface area contributed by atoms with Crippen LogP contribution < -0.4 is 11.1 Å². The van der Waals surface area contributed by atoms with Crippen molar-refractivity contribution in [2.45, 2.75) is 23.6 Å². The van der Waals surface area contributed by atoms with Crippen LogP contribution >= 0.6 is 0 Å². The molecule has 1 unspecified atom stereocenters. The molecule has 0 aliphatic heterocycles. The van der Waals surface area contributed by atoms with Crippen molar-refractivity contribution in [2.75, 3.05) is 11.1 Å². The second kappa shape index (κ2) is 6.65. The van der Waals surface area contributed by atoms with E-state index >= 15 is 0 Å². The van der Waals surface area contributed by atoms with Crippen LogP contribution in [0.4, 0.5) is 11.4 Å². The first-order valence-electron chi connectivity index (χ1n) is 6.66. The van der Waals surface area contributed by atoms with Crippen LogP contribution in [0.5, 0.6) is 0 Å². The third kappa shape index (κ3) is 3.77. The molecule has 4 nitrogen and oxygen atoms in total. The first-order valence-corrected chi connectivity index (χ1v) is 7.81. The molecule has 1 amide bonds. The Morgan fingerprint density at radius 2 is 1.81 bits per heavy atom. The van der Waals surface area contributed by atoms with Gasteiger partial charge in [0.05, 0.1) is 11.4 Å². The highest BCUT2D eigenvalue weighted by molar-refractivity contribution is 7.91. The summed E-state index contributed by atoms with van der Waals surface area (Å²) in [4.78, 5) is 13.1. The molecule has 0 saturated heterocycles. The maximum Gasteiger partial charge on any atom is 0.226 e. The molecule has 0 fully saturated rings. The second-order valence-electron chi connectivity index (χ2n) is 4.97. The Bertz CT molecular complexity index is 629. The van der Waals surface area contributed by atoms with E-state index in [1.54, 1.807) is 44.2 Å². The minimum Gasteiger partial charge on any atom is -0.606 e. The van der Waals surface area contributed by atoms with Crippen LogP contribution in [-0.4, -0.2) is 10.5 Å². The monoisotopic (exact) mass is 302 g/mol. The van der Waals surface area contributed by atoms with Crippen LogP contribution in [0.2, 0.25) is 0 Å². The van der Waals surface area contributed by atoms with Crippen molar-refractivity contribution < 1.29 is 9.35 Å². The van der Waals surface area contributed by atoms with Gasteiger partial charge in [-0.2, -0.15) is 0 Å². The Morgan fingerprint density at radius 3 is 2.43 bits per heavy atom. The van der Waals surface area contributed by atoms with Gasteiger partial charge in [-0.15, -0.1) is 0 Å². The Hall–Kier alpha value is -1.98. The lowest BCUT2D eigenvalue weighted by atomic mass is 10.2. The number of hydrogen-bond donors (Lipinski definition) is 2. The molecule has 2 rings (SSSR count). The van der Waals surface area contributed by atoms with E-state index in [4.69, 9.17) is 5.73 Å². The predicted molar refractivity (Wildman–Crippen MR) is 85.4 cm³/mol. The Kier molecular flexibility index (Phi) is 4.88. The molecule has 0 aliphatic rings. The summed E-state index contributed by atoms with van der Waals surface area (Å²) in [5.41, 5.74) is 6.82. The molecule has 0 aliphatic carbocycles. The largest absolute Gasteiger partial charge is 0.606 e. The lowest BCUT2D eigenvalue weighted by Gasteiger charge is -2.14. The van der Waals surface area contributed by atoms with Crippen LogP contribution in [0, 0.1) is 5.92 Å². The van der Waals surface area contributed by atoms with Gasteiger partial charge < -0.3 is 15.6 Å².